The molecule has 0 bridgehead atoms. The quantitative estimate of drug-likeness (QED) is 0.573. The number of aliphatic imine (C=N–C) groups is 1. The lowest BCUT2D eigenvalue weighted by Crippen LogP contribution is -2.41. The molecule has 0 heterocycles. The van der Waals surface area contributed by atoms with E-state index in [0.29, 0.717) is 12.6 Å². The van der Waals surface area contributed by atoms with Crippen molar-refractivity contribution in [1.82, 2.24) is 15.5 Å². The van der Waals surface area contributed by atoms with Gasteiger partial charge < -0.3 is 15.5 Å². The Balaban J connectivity index is 2.70. The zero-order valence-corrected chi connectivity index (χ0v) is 14.8. The van der Waals surface area contributed by atoms with Crippen LogP contribution >= 0.6 is 0 Å². The van der Waals surface area contributed by atoms with Crippen molar-refractivity contribution in [1.29, 1.82) is 0 Å². The van der Waals surface area contributed by atoms with Crippen LogP contribution in [0.3, 0.4) is 0 Å². The topological polar surface area (TPSA) is 39.7 Å². The fraction of sp³-hybridized carbons (Fsp3) is 0.611. The van der Waals surface area contributed by atoms with Gasteiger partial charge in [0.15, 0.2) is 5.96 Å². The molecule has 1 aromatic rings. The largest absolute Gasteiger partial charge is 0.357 e. The fourth-order valence-electron chi connectivity index (χ4n) is 2.08. The van der Waals surface area contributed by atoms with E-state index in [-0.39, 0.29) is 0 Å². The molecule has 0 radical (unpaired) electrons. The molecule has 0 aliphatic carbocycles. The first-order chi connectivity index (χ1) is 10.6. The summed E-state index contributed by atoms with van der Waals surface area (Å²) in [6, 6.07) is 9.14. The van der Waals surface area contributed by atoms with Gasteiger partial charge in [-0.15, -0.1) is 0 Å². The summed E-state index contributed by atoms with van der Waals surface area (Å²) in [7, 11) is 2.14. The maximum absolute atomic E-state index is 4.69. The Morgan fingerprint density at radius 2 is 1.95 bits per heavy atom. The Kier molecular flexibility index (Phi) is 8.60. The van der Waals surface area contributed by atoms with Crippen LogP contribution in [0, 0.1) is 0 Å². The summed E-state index contributed by atoms with van der Waals surface area (Å²) in [5, 5.41) is 6.73. The Hall–Kier alpha value is -1.55. The minimum atomic E-state index is 0.433. The van der Waals surface area contributed by atoms with Gasteiger partial charge in [0.25, 0.3) is 0 Å². The lowest BCUT2D eigenvalue weighted by atomic mass is 10.1. The number of nitrogens with zero attached hydrogens (tertiary/aromatic N) is 2. The van der Waals surface area contributed by atoms with Gasteiger partial charge in [-0.3, -0.25) is 0 Å². The molecule has 1 atom stereocenters. The molecule has 0 fully saturated rings. The highest BCUT2D eigenvalue weighted by Gasteiger charge is 2.03. The molecule has 0 aliphatic rings. The zero-order valence-electron chi connectivity index (χ0n) is 14.8. The van der Waals surface area contributed by atoms with E-state index in [1.807, 2.05) is 0 Å². The molecular formula is C18H32N4. The number of hydrogen-bond donors (Lipinski definition) is 2. The monoisotopic (exact) mass is 304 g/mol. The fourth-order valence-corrected chi connectivity index (χ4v) is 2.08. The van der Waals surface area contributed by atoms with Gasteiger partial charge in [-0.25, -0.2) is 4.99 Å². The zero-order chi connectivity index (χ0) is 16.4. The summed E-state index contributed by atoms with van der Waals surface area (Å²) in [6.07, 6.45) is 1.09. The number of rotatable bonds is 8. The van der Waals surface area contributed by atoms with E-state index in [0.717, 1.165) is 32.0 Å². The molecule has 4 nitrogen and oxygen atoms in total. The van der Waals surface area contributed by atoms with Crippen LogP contribution in [-0.4, -0.2) is 37.0 Å². The van der Waals surface area contributed by atoms with Crippen molar-refractivity contribution in [2.75, 3.05) is 20.1 Å². The molecule has 0 saturated heterocycles. The predicted octanol–water partition coefficient (Wildman–Crippen LogP) is 2.99. The van der Waals surface area contributed by atoms with Gasteiger partial charge >= 0.3 is 0 Å². The highest BCUT2D eigenvalue weighted by molar-refractivity contribution is 5.80. The molecular weight excluding hydrogens is 272 g/mol. The molecule has 1 aromatic carbocycles. The smallest absolute Gasteiger partial charge is 0.191 e. The average molecular weight is 304 g/mol. The van der Waals surface area contributed by atoms with Crippen LogP contribution in [0.1, 0.15) is 45.2 Å². The van der Waals surface area contributed by atoms with E-state index in [9.17, 15) is 0 Å². The molecule has 2 N–H and O–H groups in total. The van der Waals surface area contributed by atoms with E-state index < -0.39 is 0 Å². The lowest BCUT2D eigenvalue weighted by molar-refractivity contribution is 0.345. The van der Waals surface area contributed by atoms with Gasteiger partial charge in [-0.05, 0) is 45.0 Å². The van der Waals surface area contributed by atoms with Crippen LogP contribution in [0.5, 0.6) is 0 Å². The second kappa shape index (κ2) is 10.2. The van der Waals surface area contributed by atoms with Crippen molar-refractivity contribution in [2.24, 2.45) is 4.99 Å². The van der Waals surface area contributed by atoms with E-state index in [4.69, 9.17) is 4.99 Å². The minimum absolute atomic E-state index is 0.433. The van der Waals surface area contributed by atoms with Crippen LogP contribution < -0.4 is 10.6 Å². The molecule has 1 unspecified atom stereocenters. The third-order valence-electron chi connectivity index (χ3n) is 3.74. The second-order valence-corrected chi connectivity index (χ2v) is 5.80. The summed E-state index contributed by atoms with van der Waals surface area (Å²) in [5.41, 5.74) is 2.60. The van der Waals surface area contributed by atoms with Crippen LogP contribution in [0.25, 0.3) is 0 Å². The number of hydrogen-bond acceptors (Lipinski definition) is 2. The van der Waals surface area contributed by atoms with Gasteiger partial charge in [0.1, 0.15) is 0 Å². The van der Waals surface area contributed by atoms with Crippen molar-refractivity contribution in [3.05, 3.63) is 35.4 Å². The molecule has 0 aromatic heterocycles. The number of guanidine groups is 1. The van der Waals surface area contributed by atoms with Crippen LogP contribution in [0.15, 0.2) is 29.3 Å². The van der Waals surface area contributed by atoms with Gasteiger partial charge in [0, 0.05) is 19.1 Å². The summed E-state index contributed by atoms with van der Waals surface area (Å²) in [6.45, 7) is 12.2. The average Bonchev–Trinajstić information content (AvgIpc) is 2.53. The van der Waals surface area contributed by atoms with E-state index in [1.165, 1.54) is 11.1 Å². The molecule has 0 aliphatic heterocycles. The molecule has 0 amide bonds. The summed E-state index contributed by atoms with van der Waals surface area (Å²) in [4.78, 5) is 7.00. The SMILES string of the molecule is CCNC(=NCc1cccc(CN(C)CC)c1)NC(C)CC. The van der Waals surface area contributed by atoms with E-state index in [2.05, 4.69) is 74.5 Å². The Morgan fingerprint density at radius 3 is 2.59 bits per heavy atom. The molecule has 4 heteroatoms. The standard InChI is InChI=1S/C18H32N4/c1-6-15(4)21-18(19-7-2)20-13-16-10-9-11-17(12-16)14-22(5)8-3/h9-12,15H,6-8,13-14H2,1-5H3,(H2,19,20,21). The Morgan fingerprint density at radius 1 is 1.23 bits per heavy atom. The maximum Gasteiger partial charge on any atom is 0.191 e. The summed E-state index contributed by atoms with van der Waals surface area (Å²) < 4.78 is 0. The van der Waals surface area contributed by atoms with Crippen molar-refractivity contribution >= 4 is 5.96 Å². The molecule has 0 saturated carbocycles. The third-order valence-corrected chi connectivity index (χ3v) is 3.74. The highest BCUT2D eigenvalue weighted by atomic mass is 15.2. The first-order valence-electron chi connectivity index (χ1n) is 8.40. The van der Waals surface area contributed by atoms with Gasteiger partial charge in [0.2, 0.25) is 0 Å². The molecule has 0 spiro atoms. The molecule has 124 valence electrons. The summed E-state index contributed by atoms with van der Waals surface area (Å²) >= 11 is 0. The van der Waals surface area contributed by atoms with E-state index in [1.54, 1.807) is 0 Å². The van der Waals surface area contributed by atoms with Gasteiger partial charge in [0.05, 0.1) is 6.54 Å². The maximum atomic E-state index is 4.69. The second-order valence-electron chi connectivity index (χ2n) is 5.80. The third kappa shape index (κ3) is 6.94. The first-order valence-corrected chi connectivity index (χ1v) is 8.40. The molecule has 1 rings (SSSR count). The van der Waals surface area contributed by atoms with Crippen molar-refractivity contribution in [3.8, 4) is 0 Å². The normalized spacial score (nSPS) is 13.3. The highest BCUT2D eigenvalue weighted by Crippen LogP contribution is 2.08. The van der Waals surface area contributed by atoms with Crippen LogP contribution in [0.4, 0.5) is 0 Å². The van der Waals surface area contributed by atoms with Crippen LogP contribution in [0.2, 0.25) is 0 Å². The minimum Gasteiger partial charge on any atom is -0.357 e. The van der Waals surface area contributed by atoms with Crippen LogP contribution in [-0.2, 0) is 13.1 Å². The van der Waals surface area contributed by atoms with Crippen molar-refractivity contribution in [3.63, 3.8) is 0 Å². The van der Waals surface area contributed by atoms with Gasteiger partial charge in [-0.2, -0.15) is 0 Å². The predicted molar refractivity (Wildman–Crippen MR) is 96.2 cm³/mol. The number of benzene rings is 1. The van der Waals surface area contributed by atoms with E-state index >= 15 is 0 Å². The Bertz CT molecular complexity index is 456. The lowest BCUT2D eigenvalue weighted by Gasteiger charge is -2.16. The molecule has 22 heavy (non-hydrogen) atoms. The van der Waals surface area contributed by atoms with Crippen molar-refractivity contribution < 1.29 is 0 Å². The number of nitrogens with one attached hydrogen (secondary N) is 2. The van der Waals surface area contributed by atoms with Crippen molar-refractivity contribution in [2.45, 2.75) is 53.2 Å². The first kappa shape index (κ1) is 18.5. The van der Waals surface area contributed by atoms with Gasteiger partial charge in [-0.1, -0.05) is 38.1 Å². The Labute approximate surface area is 136 Å². The summed E-state index contributed by atoms with van der Waals surface area (Å²) in [5.74, 6) is 0.896.